The van der Waals surface area contributed by atoms with Crippen LogP contribution in [0, 0.1) is 11.6 Å². The van der Waals surface area contributed by atoms with Crippen molar-refractivity contribution in [3.05, 3.63) is 107 Å². The smallest absolute Gasteiger partial charge is 0.264 e. The number of thiophene rings is 1. The maximum Gasteiger partial charge on any atom is 0.264 e. The van der Waals surface area contributed by atoms with Gasteiger partial charge in [-0.2, -0.15) is 0 Å². The van der Waals surface area contributed by atoms with Gasteiger partial charge in [0.15, 0.2) is 0 Å². The highest BCUT2D eigenvalue weighted by Gasteiger charge is 2.24. The lowest BCUT2D eigenvalue weighted by Gasteiger charge is -2.34. The first kappa shape index (κ1) is 23.6. The normalized spacial score (nSPS) is 14.7. The zero-order valence-electron chi connectivity index (χ0n) is 19.2. The molecule has 0 aliphatic carbocycles. The van der Waals surface area contributed by atoms with Crippen molar-refractivity contribution in [3.63, 3.8) is 0 Å². The van der Waals surface area contributed by atoms with E-state index in [0.717, 1.165) is 39.2 Å². The molecule has 3 aromatic carbocycles. The molecule has 0 saturated carbocycles. The summed E-state index contributed by atoms with van der Waals surface area (Å²) in [5, 5.41) is 1.11. The number of carbonyl (C=O) groups is 1. The summed E-state index contributed by atoms with van der Waals surface area (Å²) in [6, 6.07) is 22.4. The molecule has 4 nitrogen and oxygen atoms in total. The molecular weight excluding hydrogens is 466 g/mol. The van der Waals surface area contributed by atoms with Crippen molar-refractivity contribution in [1.82, 2.24) is 9.80 Å². The predicted octanol–water partition coefficient (Wildman–Crippen LogP) is 5.74. The molecule has 0 unspecified atom stereocenters. The van der Waals surface area contributed by atoms with Crippen LogP contribution in [-0.4, -0.2) is 55.0 Å². The number of benzene rings is 3. The van der Waals surface area contributed by atoms with Gasteiger partial charge in [-0.25, -0.2) is 8.78 Å². The van der Waals surface area contributed by atoms with Gasteiger partial charge in [0, 0.05) is 37.4 Å². The molecular formula is C28H26F2N2O2S. The highest BCUT2D eigenvalue weighted by atomic mass is 32.1. The molecule has 0 spiro atoms. The fourth-order valence-electron chi connectivity index (χ4n) is 4.38. The van der Waals surface area contributed by atoms with E-state index in [9.17, 15) is 13.6 Å². The molecule has 4 aromatic rings. The van der Waals surface area contributed by atoms with Gasteiger partial charge in [-0.3, -0.25) is 9.69 Å². The average molecular weight is 493 g/mol. The van der Waals surface area contributed by atoms with Crippen LogP contribution >= 0.6 is 11.3 Å². The Labute approximate surface area is 207 Å². The van der Waals surface area contributed by atoms with E-state index < -0.39 is 6.10 Å². The molecule has 1 fully saturated rings. The van der Waals surface area contributed by atoms with E-state index in [1.807, 2.05) is 35.2 Å². The lowest BCUT2D eigenvalue weighted by molar-refractivity contribution is 0.0410. The Bertz CT molecular complexity index is 1200. The number of hydrogen-bond acceptors (Lipinski definition) is 4. The van der Waals surface area contributed by atoms with Crippen LogP contribution < -0.4 is 0 Å². The van der Waals surface area contributed by atoms with E-state index in [1.54, 1.807) is 35.6 Å². The van der Waals surface area contributed by atoms with E-state index >= 15 is 0 Å². The minimum atomic E-state index is -0.410. The molecule has 5 rings (SSSR count). The molecule has 1 aliphatic heterocycles. The zero-order valence-corrected chi connectivity index (χ0v) is 20.0. The van der Waals surface area contributed by atoms with Crippen LogP contribution in [0.3, 0.4) is 0 Å². The van der Waals surface area contributed by atoms with Gasteiger partial charge in [-0.1, -0.05) is 42.5 Å². The fourth-order valence-corrected chi connectivity index (χ4v) is 5.41. The second-order valence-electron chi connectivity index (χ2n) is 8.64. The Morgan fingerprint density at radius 1 is 0.857 bits per heavy atom. The zero-order chi connectivity index (χ0) is 24.2. The van der Waals surface area contributed by atoms with Gasteiger partial charge in [-0.15, -0.1) is 11.3 Å². The van der Waals surface area contributed by atoms with E-state index in [0.29, 0.717) is 26.2 Å². The van der Waals surface area contributed by atoms with Gasteiger partial charge in [0.05, 0.1) is 11.5 Å². The van der Waals surface area contributed by atoms with Crippen molar-refractivity contribution in [2.24, 2.45) is 0 Å². The molecule has 2 heterocycles. The molecule has 0 atom stereocenters. The number of nitrogens with zero attached hydrogens (tertiary/aromatic N) is 2. The number of fused-ring (bicyclic) bond motifs is 1. The van der Waals surface area contributed by atoms with Gasteiger partial charge in [0.25, 0.3) is 5.91 Å². The van der Waals surface area contributed by atoms with Gasteiger partial charge in [0.2, 0.25) is 0 Å². The van der Waals surface area contributed by atoms with Crippen LogP contribution in [0.4, 0.5) is 8.78 Å². The van der Waals surface area contributed by atoms with Gasteiger partial charge in [-0.05, 0) is 52.9 Å². The van der Waals surface area contributed by atoms with Crippen LogP contribution in [0.15, 0.2) is 78.9 Å². The Hall–Kier alpha value is -3.13. The van der Waals surface area contributed by atoms with Crippen LogP contribution in [-0.2, 0) is 4.74 Å². The molecule has 1 aliphatic rings. The Kier molecular flexibility index (Phi) is 7.18. The Morgan fingerprint density at radius 3 is 2.06 bits per heavy atom. The third-order valence-electron chi connectivity index (χ3n) is 6.33. The quantitative estimate of drug-likeness (QED) is 0.330. The number of carbonyl (C=O) groups excluding carboxylic acids is 1. The average Bonchev–Trinajstić information content (AvgIpc) is 3.32. The van der Waals surface area contributed by atoms with Crippen molar-refractivity contribution in [3.8, 4) is 0 Å². The molecule has 0 bridgehead atoms. The van der Waals surface area contributed by atoms with Crippen molar-refractivity contribution in [2.75, 3.05) is 39.3 Å². The standard InChI is InChI=1S/C28H26F2N2O2S/c29-23-9-5-20(6-10-23)27(21-7-11-24(30)12-8-21)34-18-17-31-13-15-32(16-14-31)28(33)26-19-22-3-1-2-4-25(22)35-26/h1-12,19,27H,13-18H2. The highest BCUT2D eigenvalue weighted by molar-refractivity contribution is 7.20. The summed E-state index contributed by atoms with van der Waals surface area (Å²) in [6.45, 7) is 4.07. The van der Waals surface area contributed by atoms with Crippen molar-refractivity contribution in [2.45, 2.75) is 6.10 Å². The van der Waals surface area contributed by atoms with Crippen LogP contribution in [0.5, 0.6) is 0 Å². The third-order valence-corrected chi connectivity index (χ3v) is 7.44. The Balaban J connectivity index is 1.16. The highest BCUT2D eigenvalue weighted by Crippen LogP contribution is 2.28. The third kappa shape index (κ3) is 5.59. The van der Waals surface area contributed by atoms with E-state index in [-0.39, 0.29) is 17.5 Å². The van der Waals surface area contributed by atoms with Crippen LogP contribution in [0.1, 0.15) is 26.9 Å². The first-order chi connectivity index (χ1) is 17.1. The number of ether oxygens (including phenoxy) is 1. The van der Waals surface area contributed by atoms with Crippen molar-refractivity contribution < 1.29 is 18.3 Å². The fraction of sp³-hybridized carbons (Fsp3) is 0.250. The van der Waals surface area contributed by atoms with E-state index in [4.69, 9.17) is 4.74 Å². The maximum atomic E-state index is 13.4. The SMILES string of the molecule is O=C(c1cc2ccccc2s1)N1CCN(CCOC(c2ccc(F)cc2)c2ccc(F)cc2)CC1. The molecule has 0 N–H and O–H groups in total. The molecule has 1 amide bonds. The van der Waals surface area contributed by atoms with Crippen LogP contribution in [0.25, 0.3) is 10.1 Å². The molecule has 1 aromatic heterocycles. The Morgan fingerprint density at radius 2 is 1.46 bits per heavy atom. The molecule has 180 valence electrons. The maximum absolute atomic E-state index is 13.4. The first-order valence-corrected chi connectivity index (χ1v) is 12.5. The summed E-state index contributed by atoms with van der Waals surface area (Å²) < 4.78 is 34.2. The summed E-state index contributed by atoms with van der Waals surface area (Å²) in [6.07, 6.45) is -0.410. The second-order valence-corrected chi connectivity index (χ2v) is 9.72. The number of rotatable bonds is 7. The van der Waals surface area contributed by atoms with Gasteiger partial charge >= 0.3 is 0 Å². The van der Waals surface area contributed by atoms with Crippen LogP contribution in [0.2, 0.25) is 0 Å². The number of piperazine rings is 1. The van der Waals surface area contributed by atoms with E-state index in [2.05, 4.69) is 4.90 Å². The summed E-state index contributed by atoms with van der Waals surface area (Å²) in [4.78, 5) is 18.0. The van der Waals surface area contributed by atoms with Crippen molar-refractivity contribution in [1.29, 1.82) is 0 Å². The molecule has 0 radical (unpaired) electrons. The minimum Gasteiger partial charge on any atom is -0.367 e. The van der Waals surface area contributed by atoms with Gasteiger partial charge in [0.1, 0.15) is 17.7 Å². The molecule has 35 heavy (non-hydrogen) atoms. The predicted molar refractivity (Wildman–Crippen MR) is 135 cm³/mol. The largest absolute Gasteiger partial charge is 0.367 e. The van der Waals surface area contributed by atoms with Crippen molar-refractivity contribution >= 4 is 27.3 Å². The molecule has 7 heteroatoms. The van der Waals surface area contributed by atoms with Gasteiger partial charge < -0.3 is 9.64 Å². The van der Waals surface area contributed by atoms with E-state index in [1.165, 1.54) is 24.3 Å². The minimum absolute atomic E-state index is 0.0924. The summed E-state index contributed by atoms with van der Waals surface area (Å²) in [7, 11) is 0. The number of hydrogen-bond donors (Lipinski definition) is 0. The summed E-state index contributed by atoms with van der Waals surface area (Å²) in [5.74, 6) is -0.529. The second kappa shape index (κ2) is 10.6. The summed E-state index contributed by atoms with van der Waals surface area (Å²) in [5.41, 5.74) is 1.63. The molecule has 1 saturated heterocycles. The lowest BCUT2D eigenvalue weighted by Crippen LogP contribution is -2.49. The summed E-state index contributed by atoms with van der Waals surface area (Å²) >= 11 is 1.54. The monoisotopic (exact) mass is 492 g/mol. The first-order valence-electron chi connectivity index (χ1n) is 11.7. The topological polar surface area (TPSA) is 32.8 Å². The number of halogens is 2. The number of amides is 1. The lowest BCUT2D eigenvalue weighted by atomic mass is 10.0.